The van der Waals surface area contributed by atoms with Gasteiger partial charge in [0.2, 0.25) is 17.7 Å². The molecule has 15 heteroatoms. The lowest BCUT2D eigenvalue weighted by molar-refractivity contribution is -0.141. The molecular weight excluding hydrogens is 720 g/mol. The van der Waals surface area contributed by atoms with Gasteiger partial charge in [-0.15, -0.1) is 0 Å². The number of benzene rings is 2. The Balaban J connectivity index is 2.53. The van der Waals surface area contributed by atoms with Crippen molar-refractivity contribution < 1.29 is 43.0 Å². The highest BCUT2D eigenvalue weighted by Gasteiger charge is 2.35. The molecule has 0 aliphatic rings. The van der Waals surface area contributed by atoms with Gasteiger partial charge in [0.05, 0.1) is 6.54 Å². The highest BCUT2D eigenvalue weighted by Crippen LogP contribution is 2.29. The average molecular weight is 781 g/mol. The number of nitrogens with one attached hydrogen (secondary N) is 5. The van der Waals surface area contributed by atoms with Gasteiger partial charge in [-0.25, -0.2) is 9.59 Å². The molecule has 0 aliphatic heterocycles. The van der Waals surface area contributed by atoms with E-state index in [2.05, 4.69) is 26.6 Å². The van der Waals surface area contributed by atoms with Crippen LogP contribution in [0.15, 0.2) is 48.5 Å². The first-order chi connectivity index (χ1) is 26.2. The summed E-state index contributed by atoms with van der Waals surface area (Å²) in [7, 11) is 2.87. The Morgan fingerprint density at radius 2 is 1.45 bits per heavy atom. The minimum Gasteiger partial charge on any atom is -0.491 e. The van der Waals surface area contributed by atoms with Crippen LogP contribution in [0, 0.1) is 6.92 Å². The molecule has 0 radical (unpaired) electrons. The zero-order valence-electron chi connectivity index (χ0n) is 34.6. The lowest BCUT2D eigenvalue weighted by Crippen LogP contribution is -2.53. The standard InChI is InChI=1S/C41H60N6O9/c1-12-13-17-28-25-29(19-20-32(28)54-24-23-44-39(53)56-41(7,8)9)33(36(50)45-27(3)34(48)42-10)47(11)37(51)31(21-22-43-38(52)55-40(4,5)6)46-35(49)30-18-15-14-16-26(30)2/h13-20,25,27,31,33H,12,21-24H2,1-11H3,(H,42,48)(H,43,52)(H,44,53)(H,45,50)(H,46,49)/b17-13+/t27-,31-,33-/m0/s1. The number of aryl methyl sites for hydroxylation is 1. The van der Waals surface area contributed by atoms with E-state index in [0.717, 1.165) is 0 Å². The maximum absolute atomic E-state index is 14.5. The first kappa shape index (κ1) is 46.6. The van der Waals surface area contributed by atoms with Crippen molar-refractivity contribution in [2.75, 3.05) is 33.8 Å². The van der Waals surface area contributed by atoms with Crippen LogP contribution in [0.5, 0.6) is 5.75 Å². The first-order valence-corrected chi connectivity index (χ1v) is 18.7. The number of likely N-dealkylation sites (N-methyl/N-ethyl adjacent to an activating group) is 2. The van der Waals surface area contributed by atoms with Gasteiger partial charge in [-0.2, -0.15) is 0 Å². The van der Waals surface area contributed by atoms with Crippen LogP contribution in [0.4, 0.5) is 9.59 Å². The minimum atomic E-state index is -1.29. The third kappa shape index (κ3) is 15.6. The minimum absolute atomic E-state index is 0.0431. The molecule has 2 rings (SSSR count). The SMILES string of the molecule is CC/C=C/c1cc([C@@H](C(=O)N[C@@H](C)C(=O)NC)N(C)C(=O)[C@H](CCNC(=O)OC(C)(C)C)NC(=O)c2ccccc2C)ccc1OCCNC(=O)OC(C)(C)C. The van der Waals surface area contributed by atoms with Gasteiger partial charge < -0.3 is 45.7 Å². The highest BCUT2D eigenvalue weighted by atomic mass is 16.6. The molecular formula is C41H60N6O9. The van der Waals surface area contributed by atoms with Gasteiger partial charge in [0, 0.05) is 31.8 Å². The number of allylic oxidation sites excluding steroid dienone is 1. The van der Waals surface area contributed by atoms with E-state index in [1.54, 1.807) is 90.9 Å². The predicted octanol–water partition coefficient (Wildman–Crippen LogP) is 4.79. The molecule has 308 valence electrons. The van der Waals surface area contributed by atoms with Crippen LogP contribution in [-0.4, -0.2) is 97.8 Å². The first-order valence-electron chi connectivity index (χ1n) is 18.7. The van der Waals surface area contributed by atoms with Gasteiger partial charge in [0.1, 0.15) is 41.7 Å². The number of amides is 6. The number of ether oxygens (including phenoxy) is 3. The fraction of sp³-hybridized carbons (Fsp3) is 0.512. The summed E-state index contributed by atoms with van der Waals surface area (Å²) in [6, 6.07) is 8.44. The van der Waals surface area contributed by atoms with Crippen LogP contribution in [0.25, 0.3) is 6.08 Å². The van der Waals surface area contributed by atoms with Crippen molar-refractivity contribution in [3.8, 4) is 5.75 Å². The van der Waals surface area contributed by atoms with Crippen molar-refractivity contribution in [3.05, 3.63) is 70.8 Å². The smallest absolute Gasteiger partial charge is 0.407 e. The Morgan fingerprint density at radius 1 is 0.839 bits per heavy atom. The molecule has 0 spiro atoms. The monoisotopic (exact) mass is 780 g/mol. The number of alkyl carbamates (subject to hydrolysis) is 2. The molecule has 0 unspecified atom stereocenters. The lowest BCUT2D eigenvalue weighted by atomic mass is 9.99. The van der Waals surface area contributed by atoms with E-state index in [0.29, 0.717) is 34.4 Å². The Hall–Kier alpha value is -5.60. The quantitative estimate of drug-likeness (QED) is 0.141. The van der Waals surface area contributed by atoms with E-state index >= 15 is 0 Å². The summed E-state index contributed by atoms with van der Waals surface area (Å²) in [5.41, 5.74) is 0.600. The van der Waals surface area contributed by atoms with Crippen molar-refractivity contribution in [2.24, 2.45) is 0 Å². The fourth-order valence-electron chi connectivity index (χ4n) is 5.32. The van der Waals surface area contributed by atoms with Gasteiger partial charge in [0.25, 0.3) is 5.91 Å². The topological polar surface area (TPSA) is 193 Å². The Kier molecular flexibility index (Phi) is 17.9. The number of rotatable bonds is 17. The molecule has 2 aromatic carbocycles. The van der Waals surface area contributed by atoms with Crippen LogP contribution < -0.4 is 31.3 Å². The van der Waals surface area contributed by atoms with Crippen LogP contribution in [0.2, 0.25) is 0 Å². The highest BCUT2D eigenvalue weighted by molar-refractivity contribution is 5.99. The third-order valence-electron chi connectivity index (χ3n) is 7.99. The van der Waals surface area contributed by atoms with Gasteiger partial charge in [-0.05, 0) is 97.6 Å². The molecule has 5 N–H and O–H groups in total. The number of hydrogen-bond acceptors (Lipinski definition) is 9. The Labute approximate surface area is 330 Å². The predicted molar refractivity (Wildman–Crippen MR) is 214 cm³/mol. The molecule has 0 aromatic heterocycles. The molecule has 6 amide bonds. The lowest BCUT2D eigenvalue weighted by Gasteiger charge is -2.32. The van der Waals surface area contributed by atoms with Crippen LogP contribution >= 0.6 is 0 Å². The maximum atomic E-state index is 14.5. The van der Waals surface area contributed by atoms with Gasteiger partial charge in [-0.3, -0.25) is 19.2 Å². The second-order valence-electron chi connectivity index (χ2n) is 15.1. The summed E-state index contributed by atoms with van der Waals surface area (Å²) in [5.74, 6) is -1.81. The average Bonchev–Trinajstić information content (AvgIpc) is 3.10. The van der Waals surface area contributed by atoms with Crippen molar-refractivity contribution in [1.82, 2.24) is 31.5 Å². The molecule has 0 fully saturated rings. The summed E-state index contributed by atoms with van der Waals surface area (Å²) >= 11 is 0. The molecule has 15 nitrogen and oxygen atoms in total. The van der Waals surface area contributed by atoms with Crippen LogP contribution in [-0.2, 0) is 23.9 Å². The second kappa shape index (κ2) is 21.5. The number of nitrogens with zero attached hydrogens (tertiary/aromatic N) is 1. The molecule has 3 atom stereocenters. The van der Waals surface area contributed by atoms with Crippen molar-refractivity contribution in [2.45, 2.75) is 104 Å². The van der Waals surface area contributed by atoms with Crippen molar-refractivity contribution in [1.29, 1.82) is 0 Å². The normalized spacial score (nSPS) is 13.1. The van der Waals surface area contributed by atoms with E-state index in [1.165, 1.54) is 25.9 Å². The zero-order valence-corrected chi connectivity index (χ0v) is 34.6. The molecule has 0 saturated heterocycles. The number of carbonyl (C=O) groups is 6. The summed E-state index contributed by atoms with van der Waals surface area (Å²) in [6.07, 6.45) is 3.09. The fourth-order valence-corrected chi connectivity index (χ4v) is 5.32. The molecule has 0 heterocycles. The molecule has 0 bridgehead atoms. The molecule has 2 aromatic rings. The Bertz CT molecular complexity index is 1710. The van der Waals surface area contributed by atoms with Gasteiger partial charge in [-0.1, -0.05) is 43.3 Å². The largest absolute Gasteiger partial charge is 0.491 e. The summed E-state index contributed by atoms with van der Waals surface area (Å²) in [4.78, 5) is 80.3. The number of carbonyl (C=O) groups excluding carboxylic acids is 6. The summed E-state index contributed by atoms with van der Waals surface area (Å²) in [6.45, 7) is 15.9. The van der Waals surface area contributed by atoms with E-state index in [1.807, 2.05) is 19.1 Å². The summed E-state index contributed by atoms with van der Waals surface area (Å²) in [5, 5.41) is 13.3. The molecule has 0 saturated carbocycles. The van der Waals surface area contributed by atoms with Crippen molar-refractivity contribution >= 4 is 41.9 Å². The van der Waals surface area contributed by atoms with Crippen LogP contribution in [0.3, 0.4) is 0 Å². The number of hydrogen-bond donors (Lipinski definition) is 5. The second-order valence-corrected chi connectivity index (χ2v) is 15.1. The van der Waals surface area contributed by atoms with Gasteiger partial charge >= 0.3 is 12.2 Å². The maximum Gasteiger partial charge on any atom is 0.407 e. The van der Waals surface area contributed by atoms with E-state index in [4.69, 9.17) is 14.2 Å². The molecule has 56 heavy (non-hydrogen) atoms. The van der Waals surface area contributed by atoms with Crippen LogP contribution in [0.1, 0.15) is 101 Å². The van der Waals surface area contributed by atoms with E-state index in [-0.39, 0.29) is 26.1 Å². The van der Waals surface area contributed by atoms with Crippen molar-refractivity contribution in [3.63, 3.8) is 0 Å². The Morgan fingerprint density at radius 3 is 2.02 bits per heavy atom. The van der Waals surface area contributed by atoms with E-state index in [9.17, 15) is 28.8 Å². The van der Waals surface area contributed by atoms with E-state index < -0.39 is 65.1 Å². The third-order valence-corrected chi connectivity index (χ3v) is 7.99. The van der Waals surface area contributed by atoms with Gasteiger partial charge in [0.15, 0.2) is 0 Å². The molecule has 0 aliphatic carbocycles. The zero-order chi connectivity index (χ0) is 42.2. The summed E-state index contributed by atoms with van der Waals surface area (Å²) < 4.78 is 16.6.